The second kappa shape index (κ2) is 4.66. The lowest BCUT2D eigenvalue weighted by Crippen LogP contribution is -2.18. The lowest BCUT2D eigenvalue weighted by molar-refractivity contribution is -0.138. The molecule has 1 rings (SSSR count). The largest absolute Gasteiger partial charge is 0.417 e. The van der Waals surface area contributed by atoms with E-state index in [9.17, 15) is 26.7 Å². The number of carbonyl (C=O) groups excluding carboxylic acids is 1. The van der Waals surface area contributed by atoms with E-state index in [0.717, 1.165) is 6.07 Å². The molecule has 0 bridgehead atoms. The Bertz CT molecular complexity index is 457. The van der Waals surface area contributed by atoms with Gasteiger partial charge in [-0.3, -0.25) is 4.79 Å². The van der Waals surface area contributed by atoms with Gasteiger partial charge in [0, 0.05) is 6.42 Å². The molecule has 1 aromatic carbocycles. The minimum Gasteiger partial charge on any atom is -0.298 e. The first-order valence-electron chi connectivity index (χ1n) is 5.08. The highest BCUT2D eigenvalue weighted by Gasteiger charge is 2.35. The van der Waals surface area contributed by atoms with Crippen molar-refractivity contribution >= 4 is 6.29 Å². The Morgan fingerprint density at radius 3 is 2.11 bits per heavy atom. The first kappa shape index (κ1) is 14.6. The molecular formula is C12H11F5O. The smallest absolute Gasteiger partial charge is 0.298 e. The molecule has 1 aromatic rings. The topological polar surface area (TPSA) is 17.1 Å². The molecule has 0 saturated carbocycles. The Morgan fingerprint density at radius 2 is 1.72 bits per heavy atom. The number of halogens is 5. The molecule has 0 amide bonds. The van der Waals surface area contributed by atoms with Crippen LogP contribution in [0.4, 0.5) is 22.0 Å². The van der Waals surface area contributed by atoms with E-state index in [1.807, 2.05) is 0 Å². The third-order valence-electron chi connectivity index (χ3n) is 2.24. The van der Waals surface area contributed by atoms with Gasteiger partial charge in [-0.15, -0.1) is 0 Å². The molecule has 18 heavy (non-hydrogen) atoms. The van der Waals surface area contributed by atoms with Gasteiger partial charge in [-0.2, -0.15) is 13.2 Å². The third-order valence-corrected chi connectivity index (χ3v) is 2.24. The Balaban J connectivity index is 3.36. The number of benzene rings is 1. The minimum atomic E-state index is -4.85. The lowest BCUT2D eigenvalue weighted by atomic mass is 9.96. The summed E-state index contributed by atoms with van der Waals surface area (Å²) in [6.07, 6.45) is -5.41. The molecular weight excluding hydrogens is 255 g/mol. The molecule has 0 atom stereocenters. The zero-order chi connectivity index (χ0) is 14.1. The zero-order valence-electron chi connectivity index (χ0n) is 9.74. The van der Waals surface area contributed by atoms with Gasteiger partial charge >= 0.3 is 6.18 Å². The van der Waals surface area contributed by atoms with Crippen molar-refractivity contribution in [1.82, 2.24) is 0 Å². The fourth-order valence-electron chi connectivity index (χ4n) is 1.62. The van der Waals surface area contributed by atoms with Gasteiger partial charge < -0.3 is 0 Å². The van der Waals surface area contributed by atoms with Crippen molar-refractivity contribution in [2.24, 2.45) is 0 Å². The van der Waals surface area contributed by atoms with Crippen LogP contribution >= 0.6 is 0 Å². The molecule has 0 saturated heterocycles. The quantitative estimate of drug-likeness (QED) is 0.598. The maximum absolute atomic E-state index is 13.4. The van der Waals surface area contributed by atoms with Crippen LogP contribution in [0, 0.1) is 5.82 Å². The zero-order valence-corrected chi connectivity index (χ0v) is 9.74. The molecule has 0 unspecified atom stereocenters. The van der Waals surface area contributed by atoms with Crippen LogP contribution in [0.2, 0.25) is 0 Å². The average molecular weight is 266 g/mol. The summed E-state index contributed by atoms with van der Waals surface area (Å²) in [5.74, 6) is -1.29. The summed E-state index contributed by atoms with van der Waals surface area (Å²) in [4.78, 5) is 10.5. The molecule has 0 heterocycles. The molecule has 6 heteroatoms. The molecule has 0 N–H and O–H groups in total. The molecule has 0 aromatic heterocycles. The van der Waals surface area contributed by atoms with E-state index < -0.39 is 28.8 Å². The van der Waals surface area contributed by atoms with Crippen molar-refractivity contribution in [3.8, 4) is 0 Å². The molecule has 0 aliphatic heterocycles. The van der Waals surface area contributed by atoms with Gasteiger partial charge in [0.15, 0.2) is 6.29 Å². The number of rotatable bonds is 3. The maximum atomic E-state index is 13.4. The first-order valence-corrected chi connectivity index (χ1v) is 5.08. The van der Waals surface area contributed by atoms with E-state index in [4.69, 9.17) is 0 Å². The third kappa shape index (κ3) is 3.51. The van der Waals surface area contributed by atoms with Crippen molar-refractivity contribution in [1.29, 1.82) is 0 Å². The van der Waals surface area contributed by atoms with Crippen molar-refractivity contribution < 1.29 is 26.7 Å². The lowest BCUT2D eigenvalue weighted by Gasteiger charge is -2.17. The molecule has 0 radical (unpaired) electrons. The van der Waals surface area contributed by atoms with Crippen LogP contribution in [0.5, 0.6) is 0 Å². The van der Waals surface area contributed by atoms with Crippen LogP contribution in [0.15, 0.2) is 12.1 Å². The summed E-state index contributed by atoms with van der Waals surface area (Å²) in [5, 5.41) is 0. The SMILES string of the molecule is CC(C)(F)Cc1cc(F)c(C=O)c(C(F)(F)F)c1. The fourth-order valence-corrected chi connectivity index (χ4v) is 1.62. The van der Waals surface area contributed by atoms with Crippen molar-refractivity contribution in [2.45, 2.75) is 32.1 Å². The first-order chi connectivity index (χ1) is 8.04. The summed E-state index contributed by atoms with van der Waals surface area (Å²) in [7, 11) is 0. The summed E-state index contributed by atoms with van der Waals surface area (Å²) in [5.41, 5.74) is -4.34. The monoisotopic (exact) mass is 266 g/mol. The van der Waals surface area contributed by atoms with Crippen LogP contribution in [-0.2, 0) is 12.6 Å². The standard InChI is InChI=1S/C12H11F5O/c1-11(2,14)5-7-3-9(12(15,16)17)8(6-18)10(13)4-7/h3-4,6H,5H2,1-2H3. The Morgan fingerprint density at radius 1 is 1.17 bits per heavy atom. The van der Waals surface area contributed by atoms with Crippen LogP contribution < -0.4 is 0 Å². The van der Waals surface area contributed by atoms with E-state index in [-0.39, 0.29) is 18.3 Å². The van der Waals surface area contributed by atoms with Crippen molar-refractivity contribution in [3.63, 3.8) is 0 Å². The van der Waals surface area contributed by atoms with Gasteiger partial charge in [0.1, 0.15) is 11.5 Å². The molecule has 0 fully saturated rings. The predicted octanol–water partition coefficient (Wildman–Crippen LogP) is 3.95. The number of aldehydes is 1. The van der Waals surface area contributed by atoms with Crippen LogP contribution in [0.3, 0.4) is 0 Å². The van der Waals surface area contributed by atoms with Gasteiger partial charge in [0.25, 0.3) is 0 Å². The molecule has 0 spiro atoms. The van der Waals surface area contributed by atoms with Crippen LogP contribution in [0.1, 0.15) is 35.3 Å². The van der Waals surface area contributed by atoms with E-state index in [1.54, 1.807) is 0 Å². The predicted molar refractivity (Wildman–Crippen MR) is 55.7 cm³/mol. The molecule has 0 aliphatic rings. The normalized spacial score (nSPS) is 12.6. The van der Waals surface area contributed by atoms with Crippen molar-refractivity contribution in [2.75, 3.05) is 0 Å². The fraction of sp³-hybridized carbons (Fsp3) is 0.417. The molecule has 0 aliphatic carbocycles. The van der Waals surface area contributed by atoms with Crippen LogP contribution in [-0.4, -0.2) is 12.0 Å². The van der Waals surface area contributed by atoms with Gasteiger partial charge in [0.05, 0.1) is 11.1 Å². The number of hydrogen-bond acceptors (Lipinski definition) is 1. The highest BCUT2D eigenvalue weighted by atomic mass is 19.4. The van der Waals surface area contributed by atoms with Gasteiger partial charge in [-0.1, -0.05) is 0 Å². The summed E-state index contributed by atoms with van der Waals surface area (Å²) >= 11 is 0. The Labute approximate surface area is 101 Å². The summed E-state index contributed by atoms with van der Waals surface area (Å²) in [6, 6.07) is 1.36. The second-order valence-electron chi connectivity index (χ2n) is 4.55. The average Bonchev–Trinajstić information content (AvgIpc) is 2.12. The number of alkyl halides is 4. The Hall–Kier alpha value is -1.46. The van der Waals surface area contributed by atoms with Gasteiger partial charge in [-0.25, -0.2) is 8.78 Å². The number of hydrogen-bond donors (Lipinski definition) is 0. The second-order valence-corrected chi connectivity index (χ2v) is 4.55. The van der Waals surface area contributed by atoms with Crippen molar-refractivity contribution in [3.05, 3.63) is 34.6 Å². The van der Waals surface area contributed by atoms with Gasteiger partial charge in [0.2, 0.25) is 0 Å². The van der Waals surface area contributed by atoms with Gasteiger partial charge in [-0.05, 0) is 31.5 Å². The Kier molecular flexibility index (Phi) is 3.78. The van der Waals surface area contributed by atoms with Crippen LogP contribution in [0.25, 0.3) is 0 Å². The van der Waals surface area contributed by atoms with E-state index in [0.29, 0.717) is 6.07 Å². The molecule has 1 nitrogen and oxygen atoms in total. The molecule has 100 valence electrons. The summed E-state index contributed by atoms with van der Waals surface area (Å²) in [6.45, 7) is 2.34. The van der Waals surface area contributed by atoms with E-state index in [1.165, 1.54) is 13.8 Å². The summed E-state index contributed by atoms with van der Waals surface area (Å²) < 4.78 is 64.5. The highest BCUT2D eigenvalue weighted by Crippen LogP contribution is 2.34. The van der Waals surface area contributed by atoms with E-state index in [2.05, 4.69) is 0 Å². The van der Waals surface area contributed by atoms with E-state index >= 15 is 0 Å². The minimum absolute atomic E-state index is 0.141. The highest BCUT2D eigenvalue weighted by molar-refractivity contribution is 5.78. The maximum Gasteiger partial charge on any atom is 0.417 e. The number of carbonyl (C=O) groups is 1.